The van der Waals surface area contributed by atoms with Crippen molar-refractivity contribution in [3.8, 4) is 0 Å². The second kappa shape index (κ2) is 62.7. The fraction of sp³-hybridized carbons (Fsp3) is 0.740. The van der Waals surface area contributed by atoms with E-state index in [0.29, 0.717) is 23.9 Å². The number of aliphatic hydroxyl groups excluding tert-OH is 1. The van der Waals surface area contributed by atoms with Gasteiger partial charge in [0.2, 0.25) is 5.91 Å². The van der Waals surface area contributed by atoms with Crippen LogP contribution < -0.4 is 10.2 Å². The minimum absolute atomic E-state index is 0.00282. The van der Waals surface area contributed by atoms with Crippen molar-refractivity contribution in [2.45, 2.75) is 309 Å². The minimum Gasteiger partial charge on any atom is -0.756 e. The maximum Gasteiger partial charge on any atom is 0.268 e. The molecule has 8 nitrogen and oxygen atoms in total. The number of carbonyl (C=O) groups excluding carboxylic acids is 1. The molecule has 0 radical (unpaired) electrons. The molecule has 0 aliphatic rings. The van der Waals surface area contributed by atoms with Crippen molar-refractivity contribution in [1.29, 1.82) is 0 Å². The van der Waals surface area contributed by atoms with Gasteiger partial charge in [-0.3, -0.25) is 9.36 Å². The van der Waals surface area contributed by atoms with E-state index < -0.39 is 20.0 Å². The third-order valence-electron chi connectivity index (χ3n) is 15.0. The third-order valence-corrected chi connectivity index (χ3v) is 16.0. The van der Waals surface area contributed by atoms with Gasteiger partial charge in [-0.2, -0.15) is 0 Å². The smallest absolute Gasteiger partial charge is 0.268 e. The molecule has 1 amide bonds. The van der Waals surface area contributed by atoms with Crippen LogP contribution in [0.5, 0.6) is 0 Å². The monoisotopic (exact) mass is 1160 g/mol. The van der Waals surface area contributed by atoms with E-state index in [2.05, 4.69) is 129 Å². The lowest BCUT2D eigenvalue weighted by molar-refractivity contribution is -0.870. The molecule has 0 heterocycles. The summed E-state index contributed by atoms with van der Waals surface area (Å²) < 4.78 is 23.5. The Bertz CT molecular complexity index is 1700. The fourth-order valence-electron chi connectivity index (χ4n) is 9.74. The van der Waals surface area contributed by atoms with Crippen LogP contribution in [0.15, 0.2) is 109 Å². The van der Waals surface area contributed by atoms with Crippen LogP contribution in [0.2, 0.25) is 0 Å². The molecule has 0 saturated carbocycles. The van der Waals surface area contributed by atoms with Crippen LogP contribution >= 0.6 is 7.82 Å². The topological polar surface area (TPSA) is 108 Å². The molecule has 0 fully saturated rings. The number of hydrogen-bond acceptors (Lipinski definition) is 6. The van der Waals surface area contributed by atoms with Crippen LogP contribution in [0.4, 0.5) is 0 Å². The Balaban J connectivity index is 4.16. The Kier molecular flexibility index (Phi) is 60.5. The van der Waals surface area contributed by atoms with Crippen LogP contribution in [-0.2, 0) is 18.4 Å². The number of rotatable bonds is 62. The number of nitrogens with zero attached hydrogens (tertiary/aromatic N) is 1. The molecule has 82 heavy (non-hydrogen) atoms. The summed E-state index contributed by atoms with van der Waals surface area (Å²) in [5, 5.41) is 14.1. The molecule has 0 aliphatic heterocycles. The Hall–Kier alpha value is -2.84. The summed E-state index contributed by atoms with van der Waals surface area (Å²) >= 11 is 0. The standard InChI is InChI=1S/C73H131N2O6P/c1-6-8-10-12-14-16-18-20-22-24-26-28-30-32-34-35-36-37-38-39-41-43-45-47-49-51-53-55-57-59-61-63-65-67-73(77)74-71(70-81-82(78,79)80-69-68-75(3,4)5)72(76)66-64-62-60-58-56-54-52-50-48-46-44-42-40-33-31-29-27-25-23-21-19-17-15-13-11-9-7-2/h8,10,14,16,20,22,26,28,32,34,36-37,39,41,45,47,51,53,71-72,76H,6-7,9,11-13,15,17-19,21,23-25,27,29-31,33,35,38,40,42-44,46,48-50,52,54-70H2,1-5H3,(H-,74,77,78,79)/b10-8-,16-14-,22-20-,28-26-,34-32-,37-36-,41-39-,47-45-,53-51-. The molecule has 2 N–H and O–H groups in total. The number of phosphoric ester groups is 1. The number of hydrogen-bond donors (Lipinski definition) is 2. The van der Waals surface area contributed by atoms with E-state index in [0.717, 1.165) is 116 Å². The van der Waals surface area contributed by atoms with E-state index in [4.69, 9.17) is 9.05 Å². The number of unbranched alkanes of at least 4 members (excludes halogenated alkanes) is 31. The molecule has 9 heteroatoms. The molecule has 3 unspecified atom stereocenters. The van der Waals surface area contributed by atoms with Gasteiger partial charge in [-0.25, -0.2) is 0 Å². The first-order valence-corrected chi connectivity index (χ1v) is 35.7. The lowest BCUT2D eigenvalue weighted by atomic mass is 10.0. The van der Waals surface area contributed by atoms with Crippen LogP contribution in [0.1, 0.15) is 296 Å². The Morgan fingerprint density at radius 3 is 1.09 bits per heavy atom. The van der Waals surface area contributed by atoms with Gasteiger partial charge < -0.3 is 28.8 Å². The molecule has 0 spiro atoms. The molecular formula is C73H131N2O6P. The zero-order valence-corrected chi connectivity index (χ0v) is 55.1. The van der Waals surface area contributed by atoms with Crippen LogP contribution in [-0.4, -0.2) is 68.5 Å². The van der Waals surface area contributed by atoms with Gasteiger partial charge in [0, 0.05) is 6.42 Å². The predicted molar refractivity (Wildman–Crippen MR) is 357 cm³/mol. The summed E-state index contributed by atoms with van der Waals surface area (Å²) in [6, 6.07) is -0.821. The Morgan fingerprint density at radius 2 is 0.744 bits per heavy atom. The summed E-state index contributed by atoms with van der Waals surface area (Å²) in [4.78, 5) is 25.7. The van der Waals surface area contributed by atoms with Gasteiger partial charge in [-0.05, 0) is 83.5 Å². The van der Waals surface area contributed by atoms with Gasteiger partial charge in [0.1, 0.15) is 13.2 Å². The van der Waals surface area contributed by atoms with Crippen LogP contribution in [0.25, 0.3) is 0 Å². The normalized spacial score (nSPS) is 14.4. The van der Waals surface area contributed by atoms with Crippen molar-refractivity contribution in [2.75, 3.05) is 40.9 Å². The van der Waals surface area contributed by atoms with Crippen molar-refractivity contribution in [3.05, 3.63) is 109 Å². The highest BCUT2D eigenvalue weighted by Gasteiger charge is 2.24. The molecule has 0 aromatic carbocycles. The van der Waals surface area contributed by atoms with Crippen LogP contribution in [0, 0.1) is 0 Å². The summed E-state index contributed by atoms with van der Waals surface area (Å²) in [6.07, 6.45) is 91.5. The minimum atomic E-state index is -4.59. The van der Waals surface area contributed by atoms with E-state index in [1.807, 2.05) is 21.1 Å². The Morgan fingerprint density at radius 1 is 0.439 bits per heavy atom. The number of amides is 1. The summed E-state index contributed by atoms with van der Waals surface area (Å²) in [5.74, 6) is -0.184. The maximum atomic E-state index is 13.0. The van der Waals surface area contributed by atoms with Crippen molar-refractivity contribution >= 4 is 13.7 Å². The molecule has 3 atom stereocenters. The third kappa shape index (κ3) is 64.7. The van der Waals surface area contributed by atoms with Gasteiger partial charge in [0.25, 0.3) is 7.82 Å². The highest BCUT2D eigenvalue weighted by atomic mass is 31.2. The molecule has 0 rings (SSSR count). The van der Waals surface area contributed by atoms with E-state index in [1.165, 1.54) is 154 Å². The predicted octanol–water partition coefficient (Wildman–Crippen LogP) is 21.2. The van der Waals surface area contributed by atoms with Gasteiger partial charge in [-0.1, -0.05) is 316 Å². The number of allylic oxidation sites excluding steroid dienone is 18. The molecule has 474 valence electrons. The molecule has 0 aromatic heterocycles. The number of carbonyl (C=O) groups is 1. The average molecular weight is 1160 g/mol. The second-order valence-electron chi connectivity index (χ2n) is 24.2. The number of quaternary nitrogens is 1. The first-order chi connectivity index (χ1) is 40.0. The van der Waals surface area contributed by atoms with Gasteiger partial charge in [0.15, 0.2) is 0 Å². The van der Waals surface area contributed by atoms with Gasteiger partial charge in [-0.15, -0.1) is 0 Å². The summed E-state index contributed by atoms with van der Waals surface area (Å²) in [7, 11) is 1.28. The lowest BCUT2D eigenvalue weighted by Crippen LogP contribution is -2.46. The molecule has 0 aromatic rings. The maximum absolute atomic E-state index is 13.0. The van der Waals surface area contributed by atoms with E-state index >= 15 is 0 Å². The van der Waals surface area contributed by atoms with Crippen molar-refractivity contribution in [3.63, 3.8) is 0 Å². The highest BCUT2D eigenvalue weighted by Crippen LogP contribution is 2.38. The van der Waals surface area contributed by atoms with Gasteiger partial charge >= 0.3 is 0 Å². The summed E-state index contributed by atoms with van der Waals surface area (Å²) in [5.41, 5.74) is 0. The number of nitrogens with one attached hydrogen (secondary N) is 1. The number of aliphatic hydroxyl groups is 1. The molecule has 0 saturated heterocycles. The second-order valence-corrected chi connectivity index (χ2v) is 25.6. The van der Waals surface area contributed by atoms with Gasteiger partial charge in [0.05, 0.1) is 39.9 Å². The van der Waals surface area contributed by atoms with E-state index in [1.54, 1.807) is 0 Å². The zero-order chi connectivity index (χ0) is 59.8. The number of likely N-dealkylation sites (N-methyl/N-ethyl adjacent to an activating group) is 1. The average Bonchev–Trinajstić information content (AvgIpc) is 3.47. The highest BCUT2D eigenvalue weighted by molar-refractivity contribution is 7.45. The zero-order valence-electron chi connectivity index (χ0n) is 54.2. The summed E-state index contributed by atoms with van der Waals surface area (Å²) in [6.45, 7) is 4.61. The molecular weight excluding hydrogens is 1030 g/mol. The quantitative estimate of drug-likeness (QED) is 0.0272. The largest absolute Gasteiger partial charge is 0.756 e. The first kappa shape index (κ1) is 79.2. The van der Waals surface area contributed by atoms with Crippen molar-refractivity contribution in [1.82, 2.24) is 5.32 Å². The molecule has 0 bridgehead atoms. The Labute approximate surface area is 508 Å². The van der Waals surface area contributed by atoms with Crippen molar-refractivity contribution < 1.29 is 32.9 Å². The first-order valence-electron chi connectivity index (χ1n) is 34.2. The lowest BCUT2D eigenvalue weighted by Gasteiger charge is -2.30. The van der Waals surface area contributed by atoms with Crippen molar-refractivity contribution in [2.24, 2.45) is 0 Å². The number of phosphoric acid groups is 1. The fourth-order valence-corrected chi connectivity index (χ4v) is 10.5. The molecule has 0 aliphatic carbocycles. The SMILES string of the molecule is CC/C=C\C/C=C\C/C=C\C/C=C\C/C=C\C/C=C\C/C=C\C/C=C\C/C=C\CCCCCCCC(=O)NC(COP(=O)([O-])OCC[N+](C)(C)C)C(O)CCCCCCCCCCCCCCCCCCCCCCCCCCCCC. The van der Waals surface area contributed by atoms with E-state index in [-0.39, 0.29) is 19.1 Å². The van der Waals surface area contributed by atoms with Crippen LogP contribution in [0.3, 0.4) is 0 Å². The van der Waals surface area contributed by atoms with E-state index in [9.17, 15) is 19.4 Å².